The molecule has 24 heavy (non-hydrogen) atoms. The molecule has 0 aliphatic carbocycles. The number of hydrogen-bond donors (Lipinski definition) is 2. The normalized spacial score (nSPS) is 10.5. The van der Waals surface area contributed by atoms with Crippen molar-refractivity contribution in [2.45, 2.75) is 20.8 Å². The number of hydrogen-bond acceptors (Lipinski definition) is 3. The highest BCUT2D eigenvalue weighted by Gasteiger charge is 2.13. The number of carbonyl (C=O) groups is 2. The first-order valence-corrected chi connectivity index (χ1v) is 8.06. The summed E-state index contributed by atoms with van der Waals surface area (Å²) in [6.07, 6.45) is 1.45. The molecule has 5 nitrogen and oxygen atoms in total. The molecule has 0 saturated carbocycles. The summed E-state index contributed by atoms with van der Waals surface area (Å²) in [5.74, 6) is -0.274. The van der Waals surface area contributed by atoms with Crippen LogP contribution in [-0.4, -0.2) is 23.3 Å². The van der Waals surface area contributed by atoms with E-state index in [9.17, 15) is 9.59 Å². The predicted molar refractivity (Wildman–Crippen MR) is 95.6 cm³/mol. The van der Waals surface area contributed by atoms with Crippen LogP contribution in [0.25, 0.3) is 0 Å². The fourth-order valence-corrected chi connectivity index (χ4v) is 2.18. The number of rotatable bonds is 5. The fraction of sp³-hybridized carbons (Fsp3) is 0.278. The molecule has 6 heteroatoms. The summed E-state index contributed by atoms with van der Waals surface area (Å²) in [5, 5.41) is 6.12. The van der Waals surface area contributed by atoms with Crippen molar-refractivity contribution in [1.82, 2.24) is 10.3 Å². The fourth-order valence-electron chi connectivity index (χ4n) is 2.01. The third kappa shape index (κ3) is 4.80. The Kier molecular flexibility index (Phi) is 5.93. The highest BCUT2D eigenvalue weighted by Crippen LogP contribution is 2.20. The van der Waals surface area contributed by atoms with E-state index in [0.717, 1.165) is 5.56 Å². The second-order valence-electron chi connectivity index (χ2n) is 5.95. The lowest BCUT2D eigenvalue weighted by Gasteiger charge is -2.10. The van der Waals surface area contributed by atoms with Gasteiger partial charge in [-0.05, 0) is 42.7 Å². The van der Waals surface area contributed by atoms with E-state index in [1.54, 1.807) is 18.2 Å². The van der Waals surface area contributed by atoms with Crippen LogP contribution in [0.1, 0.15) is 40.3 Å². The SMILES string of the molecule is Cc1ccc(Cl)cc1NC(=O)c1ccnc(C(=O)NCC(C)C)c1. The minimum absolute atomic E-state index is 0.214. The molecule has 1 aromatic carbocycles. The van der Waals surface area contributed by atoms with Gasteiger partial charge in [0.25, 0.3) is 11.8 Å². The van der Waals surface area contributed by atoms with Crippen molar-refractivity contribution in [3.63, 3.8) is 0 Å². The number of anilines is 1. The molecule has 0 aliphatic heterocycles. The minimum Gasteiger partial charge on any atom is -0.350 e. The van der Waals surface area contributed by atoms with Gasteiger partial charge in [0.15, 0.2) is 0 Å². The van der Waals surface area contributed by atoms with Gasteiger partial charge in [0.1, 0.15) is 5.69 Å². The van der Waals surface area contributed by atoms with Crippen molar-refractivity contribution in [2.24, 2.45) is 5.92 Å². The molecule has 2 N–H and O–H groups in total. The molecule has 0 unspecified atom stereocenters. The number of pyridine rings is 1. The van der Waals surface area contributed by atoms with E-state index in [0.29, 0.717) is 28.7 Å². The van der Waals surface area contributed by atoms with Gasteiger partial charge in [-0.2, -0.15) is 0 Å². The number of halogens is 1. The van der Waals surface area contributed by atoms with Gasteiger partial charge in [-0.1, -0.05) is 31.5 Å². The first kappa shape index (κ1) is 17.9. The Labute approximate surface area is 146 Å². The van der Waals surface area contributed by atoms with E-state index >= 15 is 0 Å². The first-order chi connectivity index (χ1) is 11.4. The maximum absolute atomic E-state index is 12.4. The maximum Gasteiger partial charge on any atom is 0.269 e. The molecule has 0 aliphatic rings. The van der Waals surface area contributed by atoms with Gasteiger partial charge in [0.05, 0.1) is 0 Å². The van der Waals surface area contributed by atoms with Gasteiger partial charge in [-0.25, -0.2) is 0 Å². The number of aromatic nitrogens is 1. The lowest BCUT2D eigenvalue weighted by Crippen LogP contribution is -2.28. The molecule has 0 fully saturated rings. The Bertz CT molecular complexity index is 760. The summed E-state index contributed by atoms with van der Waals surface area (Å²) in [7, 11) is 0. The van der Waals surface area contributed by atoms with Crippen molar-refractivity contribution in [2.75, 3.05) is 11.9 Å². The van der Waals surface area contributed by atoms with Gasteiger partial charge >= 0.3 is 0 Å². The van der Waals surface area contributed by atoms with Gasteiger partial charge in [0.2, 0.25) is 0 Å². The second-order valence-corrected chi connectivity index (χ2v) is 6.38. The van der Waals surface area contributed by atoms with Crippen molar-refractivity contribution in [3.8, 4) is 0 Å². The van der Waals surface area contributed by atoms with Gasteiger partial charge in [0, 0.05) is 29.0 Å². The van der Waals surface area contributed by atoms with Gasteiger partial charge in [-0.15, -0.1) is 0 Å². The van der Waals surface area contributed by atoms with E-state index in [2.05, 4.69) is 15.6 Å². The summed E-state index contributed by atoms with van der Waals surface area (Å²) in [4.78, 5) is 28.5. The van der Waals surface area contributed by atoms with E-state index in [4.69, 9.17) is 11.6 Å². The highest BCUT2D eigenvalue weighted by molar-refractivity contribution is 6.31. The van der Waals surface area contributed by atoms with Crippen molar-refractivity contribution in [1.29, 1.82) is 0 Å². The molecule has 0 bridgehead atoms. The molecule has 0 spiro atoms. The zero-order chi connectivity index (χ0) is 17.7. The summed E-state index contributed by atoms with van der Waals surface area (Å²) in [5.41, 5.74) is 2.11. The van der Waals surface area contributed by atoms with Crippen LogP contribution in [0.2, 0.25) is 5.02 Å². The standard InChI is InChI=1S/C18H20ClN3O2/c1-11(2)10-21-18(24)16-8-13(6-7-20-16)17(23)22-15-9-14(19)5-4-12(15)3/h4-9,11H,10H2,1-3H3,(H,21,24)(H,22,23). The average Bonchev–Trinajstić information content (AvgIpc) is 2.56. The van der Waals surface area contributed by atoms with Crippen molar-refractivity contribution < 1.29 is 9.59 Å². The molecule has 126 valence electrons. The Hall–Kier alpha value is -2.40. The van der Waals surface area contributed by atoms with Crippen molar-refractivity contribution in [3.05, 3.63) is 58.4 Å². The maximum atomic E-state index is 12.4. The summed E-state index contributed by atoms with van der Waals surface area (Å²) in [6, 6.07) is 8.32. The Balaban J connectivity index is 2.14. The summed E-state index contributed by atoms with van der Waals surface area (Å²) >= 11 is 5.96. The second kappa shape index (κ2) is 7.93. The lowest BCUT2D eigenvalue weighted by atomic mass is 10.1. The quantitative estimate of drug-likeness (QED) is 0.868. The minimum atomic E-state index is -0.319. The van der Waals surface area contributed by atoms with Crippen LogP contribution in [0, 0.1) is 12.8 Å². The number of aryl methyl sites for hydroxylation is 1. The average molecular weight is 346 g/mol. The molecule has 2 aromatic rings. The van der Waals surface area contributed by atoms with E-state index in [1.165, 1.54) is 12.3 Å². The third-order valence-electron chi connectivity index (χ3n) is 3.37. The number of nitrogens with one attached hydrogen (secondary N) is 2. The number of nitrogens with zero attached hydrogens (tertiary/aromatic N) is 1. The highest BCUT2D eigenvalue weighted by atomic mass is 35.5. The van der Waals surface area contributed by atoms with Gasteiger partial charge < -0.3 is 10.6 Å². The monoisotopic (exact) mass is 345 g/mol. The Morgan fingerprint density at radius 1 is 1.17 bits per heavy atom. The molecular weight excluding hydrogens is 326 g/mol. The molecule has 2 amide bonds. The smallest absolute Gasteiger partial charge is 0.269 e. The Morgan fingerprint density at radius 3 is 2.62 bits per heavy atom. The molecule has 2 rings (SSSR count). The topological polar surface area (TPSA) is 71.1 Å². The predicted octanol–water partition coefficient (Wildman–Crippen LogP) is 3.68. The lowest BCUT2D eigenvalue weighted by molar-refractivity contribution is 0.0944. The summed E-state index contributed by atoms with van der Waals surface area (Å²) < 4.78 is 0. The van der Waals surface area contributed by atoms with Crippen LogP contribution >= 0.6 is 11.6 Å². The van der Waals surface area contributed by atoms with Crippen LogP contribution in [0.4, 0.5) is 5.69 Å². The third-order valence-corrected chi connectivity index (χ3v) is 3.61. The zero-order valence-corrected chi connectivity index (χ0v) is 14.6. The van der Waals surface area contributed by atoms with Crippen LogP contribution in [0.15, 0.2) is 36.5 Å². The number of carbonyl (C=O) groups excluding carboxylic acids is 2. The van der Waals surface area contributed by atoms with Crippen LogP contribution in [0.3, 0.4) is 0 Å². The van der Waals surface area contributed by atoms with Gasteiger partial charge in [-0.3, -0.25) is 14.6 Å². The molecule has 0 saturated heterocycles. The van der Waals surface area contributed by atoms with Crippen LogP contribution in [0.5, 0.6) is 0 Å². The van der Waals surface area contributed by atoms with Crippen LogP contribution < -0.4 is 10.6 Å². The zero-order valence-electron chi connectivity index (χ0n) is 13.9. The molecule has 1 heterocycles. The van der Waals surface area contributed by atoms with Crippen LogP contribution in [-0.2, 0) is 0 Å². The van der Waals surface area contributed by atoms with E-state index < -0.39 is 0 Å². The van der Waals surface area contributed by atoms with E-state index in [-0.39, 0.29) is 17.5 Å². The Morgan fingerprint density at radius 2 is 1.92 bits per heavy atom. The molecule has 0 radical (unpaired) electrons. The summed E-state index contributed by atoms with van der Waals surface area (Å²) in [6.45, 7) is 6.44. The molecular formula is C18H20ClN3O2. The molecule has 0 atom stereocenters. The number of amides is 2. The number of benzene rings is 1. The van der Waals surface area contributed by atoms with Crippen molar-refractivity contribution >= 4 is 29.1 Å². The molecule has 1 aromatic heterocycles. The first-order valence-electron chi connectivity index (χ1n) is 7.68. The largest absolute Gasteiger partial charge is 0.350 e. The van der Waals surface area contributed by atoms with E-state index in [1.807, 2.05) is 26.8 Å².